The van der Waals surface area contributed by atoms with Gasteiger partial charge in [-0.2, -0.15) is 0 Å². The number of hydrazine groups is 1. The zero-order valence-electron chi connectivity index (χ0n) is 12.9. The molecule has 2 amide bonds. The topological polar surface area (TPSA) is 61.4 Å². The smallest absolute Gasteiger partial charge is 0.271 e. The second kappa shape index (κ2) is 7.51. The Balaban J connectivity index is 2.08. The van der Waals surface area contributed by atoms with E-state index in [0.29, 0.717) is 5.56 Å². The van der Waals surface area contributed by atoms with Crippen molar-refractivity contribution >= 4 is 40.7 Å². The molecule has 0 radical (unpaired) electrons. The predicted octanol–water partition coefficient (Wildman–Crippen LogP) is 3.27. The Morgan fingerprint density at radius 3 is 2.33 bits per heavy atom. The molecule has 0 spiro atoms. The molecule has 2 aromatic rings. The maximum Gasteiger partial charge on any atom is 0.271 e. The fourth-order valence-electron chi connectivity index (χ4n) is 1.87. The quantitative estimate of drug-likeness (QED) is 0.644. The number of nitrogens with zero attached hydrogens (tertiary/aromatic N) is 1. The molecule has 5 nitrogen and oxygen atoms in total. The van der Waals surface area contributed by atoms with Crippen LogP contribution in [0.1, 0.15) is 20.7 Å². The molecule has 126 valence electrons. The van der Waals surface area contributed by atoms with Gasteiger partial charge in [-0.25, -0.2) is 4.39 Å². The van der Waals surface area contributed by atoms with Crippen LogP contribution in [0.2, 0.25) is 10.0 Å². The van der Waals surface area contributed by atoms with Crippen LogP contribution >= 0.6 is 23.2 Å². The Morgan fingerprint density at radius 1 is 1.00 bits per heavy atom. The van der Waals surface area contributed by atoms with Crippen LogP contribution in [-0.2, 0) is 0 Å². The van der Waals surface area contributed by atoms with Crippen LogP contribution in [0.5, 0.6) is 0 Å². The maximum absolute atomic E-state index is 13.4. The molecular formula is C16H14Cl2FN3O2. The molecule has 0 aromatic heterocycles. The number of hydrogen-bond acceptors (Lipinski definition) is 3. The van der Waals surface area contributed by atoms with Crippen molar-refractivity contribution in [2.45, 2.75) is 0 Å². The van der Waals surface area contributed by atoms with Gasteiger partial charge in [0, 0.05) is 25.3 Å². The molecule has 0 aliphatic carbocycles. The number of halogens is 3. The zero-order valence-corrected chi connectivity index (χ0v) is 14.4. The highest BCUT2D eigenvalue weighted by Gasteiger charge is 2.15. The minimum absolute atomic E-state index is 0.0252. The Kier molecular flexibility index (Phi) is 5.64. The highest BCUT2D eigenvalue weighted by atomic mass is 35.5. The number of hydrogen-bond donors (Lipinski definition) is 2. The first kappa shape index (κ1) is 18.0. The third-order valence-corrected chi connectivity index (χ3v) is 3.77. The van der Waals surface area contributed by atoms with Crippen molar-refractivity contribution in [3.8, 4) is 0 Å². The van der Waals surface area contributed by atoms with E-state index in [2.05, 4.69) is 10.9 Å². The van der Waals surface area contributed by atoms with E-state index in [1.165, 1.54) is 0 Å². The molecular weight excluding hydrogens is 356 g/mol. The number of anilines is 1. The van der Waals surface area contributed by atoms with Crippen LogP contribution in [0.4, 0.5) is 10.1 Å². The Morgan fingerprint density at radius 2 is 1.67 bits per heavy atom. The minimum Gasteiger partial charge on any atom is -0.378 e. The average molecular weight is 370 g/mol. The van der Waals surface area contributed by atoms with Crippen LogP contribution in [0.15, 0.2) is 36.4 Å². The fourth-order valence-corrected chi connectivity index (χ4v) is 2.34. The number of nitrogens with one attached hydrogen (secondary N) is 2. The van der Waals surface area contributed by atoms with E-state index in [-0.39, 0.29) is 15.6 Å². The van der Waals surface area contributed by atoms with E-state index < -0.39 is 17.6 Å². The van der Waals surface area contributed by atoms with Crippen molar-refractivity contribution in [1.82, 2.24) is 10.9 Å². The highest BCUT2D eigenvalue weighted by molar-refractivity contribution is 6.36. The SMILES string of the molecule is CN(C)c1cccc(C(=O)NNC(=O)c2cc(F)c(Cl)cc2Cl)c1. The molecule has 0 atom stereocenters. The summed E-state index contributed by atoms with van der Waals surface area (Å²) in [5.74, 6) is -2.05. The van der Waals surface area contributed by atoms with Crippen molar-refractivity contribution < 1.29 is 14.0 Å². The highest BCUT2D eigenvalue weighted by Crippen LogP contribution is 2.24. The van der Waals surface area contributed by atoms with Crippen LogP contribution in [0.25, 0.3) is 0 Å². The molecule has 0 unspecified atom stereocenters. The zero-order chi connectivity index (χ0) is 17.9. The molecule has 0 fully saturated rings. The lowest BCUT2D eigenvalue weighted by Gasteiger charge is -2.14. The van der Waals surface area contributed by atoms with Gasteiger partial charge in [0.25, 0.3) is 11.8 Å². The standard InChI is InChI=1S/C16H14Cl2FN3O2/c1-22(2)10-5-3-4-9(6-10)15(23)20-21-16(24)11-7-14(19)13(18)8-12(11)17/h3-8H,1-2H3,(H,20,23)(H,21,24). The van der Waals surface area contributed by atoms with Crippen molar-refractivity contribution in [3.63, 3.8) is 0 Å². The summed E-state index contributed by atoms with van der Waals surface area (Å²) in [4.78, 5) is 25.9. The summed E-state index contributed by atoms with van der Waals surface area (Å²) in [6.45, 7) is 0. The lowest BCUT2D eigenvalue weighted by molar-refractivity contribution is 0.0846. The fraction of sp³-hybridized carbons (Fsp3) is 0.125. The molecule has 2 N–H and O–H groups in total. The summed E-state index contributed by atoms with van der Waals surface area (Å²) >= 11 is 11.4. The maximum atomic E-state index is 13.4. The average Bonchev–Trinajstić information content (AvgIpc) is 2.55. The van der Waals surface area contributed by atoms with E-state index in [1.54, 1.807) is 18.2 Å². The van der Waals surface area contributed by atoms with Crippen molar-refractivity contribution in [2.24, 2.45) is 0 Å². The Bertz CT molecular complexity index is 797. The Labute approximate surface area is 148 Å². The van der Waals surface area contributed by atoms with E-state index in [1.807, 2.05) is 25.1 Å². The van der Waals surface area contributed by atoms with Gasteiger partial charge in [0.05, 0.1) is 15.6 Å². The monoisotopic (exact) mass is 369 g/mol. The van der Waals surface area contributed by atoms with Gasteiger partial charge >= 0.3 is 0 Å². The summed E-state index contributed by atoms with van der Waals surface area (Å²) in [7, 11) is 3.69. The van der Waals surface area contributed by atoms with Gasteiger partial charge < -0.3 is 4.90 Å². The molecule has 24 heavy (non-hydrogen) atoms. The largest absolute Gasteiger partial charge is 0.378 e. The molecule has 0 heterocycles. The van der Waals surface area contributed by atoms with Gasteiger partial charge in [0.1, 0.15) is 5.82 Å². The molecule has 2 aromatic carbocycles. The summed E-state index contributed by atoms with van der Waals surface area (Å²) in [5, 5.41) is -0.219. The van der Waals surface area contributed by atoms with Crippen LogP contribution in [-0.4, -0.2) is 25.9 Å². The van der Waals surface area contributed by atoms with E-state index in [4.69, 9.17) is 23.2 Å². The molecule has 0 saturated carbocycles. The lowest BCUT2D eigenvalue weighted by atomic mass is 10.2. The van der Waals surface area contributed by atoms with Crippen LogP contribution in [0, 0.1) is 5.82 Å². The Hall–Kier alpha value is -2.31. The van der Waals surface area contributed by atoms with Gasteiger partial charge in [0.2, 0.25) is 0 Å². The van der Waals surface area contributed by atoms with Gasteiger partial charge in [-0.15, -0.1) is 0 Å². The molecule has 0 saturated heterocycles. The summed E-state index contributed by atoms with van der Waals surface area (Å²) in [5.41, 5.74) is 5.49. The minimum atomic E-state index is -0.781. The van der Waals surface area contributed by atoms with Crippen molar-refractivity contribution in [1.29, 1.82) is 0 Å². The van der Waals surface area contributed by atoms with Crippen LogP contribution in [0.3, 0.4) is 0 Å². The summed E-state index contributed by atoms with van der Waals surface area (Å²) in [6.07, 6.45) is 0. The first-order valence-corrected chi connectivity index (χ1v) is 7.58. The van der Waals surface area contributed by atoms with Gasteiger partial charge in [0.15, 0.2) is 0 Å². The van der Waals surface area contributed by atoms with E-state index in [9.17, 15) is 14.0 Å². The van der Waals surface area contributed by atoms with Gasteiger partial charge in [-0.3, -0.25) is 20.4 Å². The first-order chi connectivity index (χ1) is 11.3. The molecule has 0 aliphatic heterocycles. The summed E-state index contributed by atoms with van der Waals surface area (Å²) in [6, 6.07) is 8.84. The second-order valence-electron chi connectivity index (χ2n) is 5.10. The third kappa shape index (κ3) is 4.15. The number of carbonyl (C=O) groups excluding carboxylic acids is 2. The first-order valence-electron chi connectivity index (χ1n) is 6.82. The lowest BCUT2D eigenvalue weighted by Crippen LogP contribution is -2.41. The van der Waals surface area contributed by atoms with E-state index in [0.717, 1.165) is 17.8 Å². The normalized spacial score (nSPS) is 10.2. The third-order valence-electron chi connectivity index (χ3n) is 3.17. The van der Waals surface area contributed by atoms with Crippen molar-refractivity contribution in [2.75, 3.05) is 19.0 Å². The van der Waals surface area contributed by atoms with Crippen molar-refractivity contribution in [3.05, 3.63) is 63.4 Å². The number of rotatable bonds is 3. The van der Waals surface area contributed by atoms with Gasteiger partial charge in [-0.05, 0) is 30.3 Å². The van der Waals surface area contributed by atoms with Crippen LogP contribution < -0.4 is 15.8 Å². The molecule has 0 aliphatic rings. The molecule has 8 heteroatoms. The molecule has 0 bridgehead atoms. The predicted molar refractivity (Wildman–Crippen MR) is 92.1 cm³/mol. The van der Waals surface area contributed by atoms with E-state index >= 15 is 0 Å². The number of amides is 2. The number of benzene rings is 2. The number of carbonyl (C=O) groups is 2. The molecule has 2 rings (SSSR count). The van der Waals surface area contributed by atoms with Gasteiger partial charge in [-0.1, -0.05) is 29.3 Å². The summed E-state index contributed by atoms with van der Waals surface area (Å²) < 4.78 is 13.4. The second-order valence-corrected chi connectivity index (χ2v) is 5.91.